The van der Waals surface area contributed by atoms with E-state index in [1.165, 1.54) is 12.1 Å². The maximum atomic E-state index is 12.7. The lowest BCUT2D eigenvalue weighted by atomic mass is 10.0. The van der Waals surface area contributed by atoms with Gasteiger partial charge in [0.1, 0.15) is 0 Å². The third-order valence-corrected chi connectivity index (χ3v) is 6.85. The Morgan fingerprint density at radius 3 is 2.31 bits per heavy atom. The van der Waals surface area contributed by atoms with Crippen molar-refractivity contribution in [3.63, 3.8) is 0 Å². The molecule has 1 fully saturated rings. The van der Waals surface area contributed by atoms with Crippen LogP contribution >= 0.6 is 11.6 Å². The molecule has 0 saturated carbocycles. The minimum absolute atomic E-state index is 0.0589. The van der Waals surface area contributed by atoms with Crippen LogP contribution in [0.4, 0.5) is 0 Å². The molecule has 1 aliphatic heterocycles. The molecule has 0 radical (unpaired) electrons. The standard InChI is InChI=1S/C21H25ClN4O2S/c22-19-7-9-20(10-8-19)29(27,28)24-17-21(18-5-2-1-3-6-18)26-15-13-25(14-16-26)12-4-11-23/h1-3,5-10,21,24H,4,12-17H2/t21-/m1/s1. The zero-order valence-corrected chi connectivity index (χ0v) is 17.7. The maximum absolute atomic E-state index is 12.7. The highest BCUT2D eigenvalue weighted by Gasteiger charge is 2.26. The molecule has 0 aliphatic carbocycles. The summed E-state index contributed by atoms with van der Waals surface area (Å²) in [4.78, 5) is 4.79. The molecule has 2 aromatic carbocycles. The van der Waals surface area contributed by atoms with Gasteiger partial charge in [0.25, 0.3) is 0 Å². The van der Waals surface area contributed by atoms with E-state index >= 15 is 0 Å². The van der Waals surface area contributed by atoms with Crippen LogP contribution in [0.15, 0.2) is 59.5 Å². The fraction of sp³-hybridized carbons (Fsp3) is 0.381. The van der Waals surface area contributed by atoms with E-state index in [-0.39, 0.29) is 17.5 Å². The van der Waals surface area contributed by atoms with E-state index in [1.807, 2.05) is 30.3 Å². The molecule has 8 heteroatoms. The predicted molar refractivity (Wildman–Crippen MR) is 114 cm³/mol. The van der Waals surface area contributed by atoms with Crippen LogP contribution in [0.5, 0.6) is 0 Å². The van der Waals surface area contributed by atoms with Gasteiger partial charge in [-0.15, -0.1) is 0 Å². The van der Waals surface area contributed by atoms with Gasteiger partial charge >= 0.3 is 0 Å². The molecule has 0 unspecified atom stereocenters. The van der Waals surface area contributed by atoms with Gasteiger partial charge in [0.05, 0.1) is 11.0 Å². The first-order valence-corrected chi connectivity index (χ1v) is 11.5. The van der Waals surface area contributed by atoms with Crippen molar-refractivity contribution in [2.24, 2.45) is 0 Å². The third kappa shape index (κ3) is 6.01. The Bertz CT molecular complexity index is 921. The molecular formula is C21H25ClN4O2S. The average molecular weight is 433 g/mol. The molecule has 3 rings (SSSR count). The predicted octanol–water partition coefficient (Wildman–Crippen LogP) is 2.89. The Balaban J connectivity index is 1.70. The van der Waals surface area contributed by atoms with Crippen molar-refractivity contribution in [3.8, 4) is 6.07 Å². The van der Waals surface area contributed by atoms with E-state index < -0.39 is 10.0 Å². The molecule has 154 valence electrons. The van der Waals surface area contributed by atoms with Crippen LogP contribution in [0.2, 0.25) is 5.02 Å². The molecule has 0 amide bonds. The topological polar surface area (TPSA) is 76.4 Å². The molecule has 1 saturated heterocycles. The summed E-state index contributed by atoms with van der Waals surface area (Å²) in [6.45, 7) is 4.46. The van der Waals surface area contributed by atoms with Crippen molar-refractivity contribution in [1.29, 1.82) is 5.26 Å². The summed E-state index contributed by atoms with van der Waals surface area (Å²) >= 11 is 5.87. The van der Waals surface area contributed by atoms with Gasteiger partial charge in [-0.05, 0) is 29.8 Å². The molecule has 1 N–H and O–H groups in total. The normalized spacial score (nSPS) is 17.0. The number of rotatable bonds is 8. The Morgan fingerprint density at radius 2 is 1.69 bits per heavy atom. The Morgan fingerprint density at radius 1 is 1.03 bits per heavy atom. The second-order valence-corrected chi connectivity index (χ2v) is 9.22. The van der Waals surface area contributed by atoms with E-state index in [0.29, 0.717) is 11.4 Å². The van der Waals surface area contributed by atoms with Crippen LogP contribution in [0, 0.1) is 11.3 Å². The molecule has 0 aromatic heterocycles. The number of nitriles is 1. The average Bonchev–Trinajstić information content (AvgIpc) is 2.74. The lowest BCUT2D eigenvalue weighted by Gasteiger charge is -2.39. The molecule has 6 nitrogen and oxygen atoms in total. The van der Waals surface area contributed by atoms with Crippen LogP contribution < -0.4 is 4.72 Å². The van der Waals surface area contributed by atoms with Crippen molar-refractivity contribution in [3.05, 3.63) is 65.2 Å². The largest absolute Gasteiger partial charge is 0.300 e. The number of nitrogens with one attached hydrogen (secondary N) is 1. The van der Waals surface area contributed by atoms with Crippen LogP contribution in [-0.2, 0) is 10.0 Å². The maximum Gasteiger partial charge on any atom is 0.240 e. The van der Waals surface area contributed by atoms with Crippen molar-refractivity contribution in [2.45, 2.75) is 17.4 Å². The smallest absolute Gasteiger partial charge is 0.240 e. The van der Waals surface area contributed by atoms with E-state index in [1.54, 1.807) is 12.1 Å². The van der Waals surface area contributed by atoms with E-state index in [9.17, 15) is 8.42 Å². The number of sulfonamides is 1. The Hall–Kier alpha value is -1.95. The zero-order valence-electron chi connectivity index (χ0n) is 16.2. The number of halogens is 1. The summed E-state index contributed by atoms with van der Waals surface area (Å²) < 4.78 is 28.2. The summed E-state index contributed by atoms with van der Waals surface area (Å²) in [6, 6.07) is 18.3. The minimum Gasteiger partial charge on any atom is -0.300 e. The SMILES string of the molecule is N#CCCN1CCN([C@H](CNS(=O)(=O)c2ccc(Cl)cc2)c2ccccc2)CC1. The number of hydrogen-bond donors (Lipinski definition) is 1. The molecule has 2 aromatic rings. The number of nitrogens with zero attached hydrogens (tertiary/aromatic N) is 3. The number of hydrogen-bond acceptors (Lipinski definition) is 5. The third-order valence-electron chi connectivity index (χ3n) is 5.16. The quantitative estimate of drug-likeness (QED) is 0.694. The van der Waals surface area contributed by atoms with Gasteiger partial charge < -0.3 is 0 Å². The van der Waals surface area contributed by atoms with Crippen molar-refractivity contribution >= 4 is 21.6 Å². The molecular weight excluding hydrogens is 408 g/mol. The zero-order chi connectivity index (χ0) is 20.7. The lowest BCUT2D eigenvalue weighted by molar-refractivity contribution is 0.0984. The van der Waals surface area contributed by atoms with Crippen molar-refractivity contribution < 1.29 is 8.42 Å². The van der Waals surface area contributed by atoms with Gasteiger partial charge in [-0.3, -0.25) is 9.80 Å². The highest BCUT2D eigenvalue weighted by molar-refractivity contribution is 7.89. The van der Waals surface area contributed by atoms with Crippen LogP contribution in [0.1, 0.15) is 18.0 Å². The second-order valence-electron chi connectivity index (χ2n) is 7.02. The van der Waals surface area contributed by atoms with Crippen molar-refractivity contribution in [1.82, 2.24) is 14.5 Å². The van der Waals surface area contributed by atoms with Crippen molar-refractivity contribution in [2.75, 3.05) is 39.3 Å². The summed E-state index contributed by atoms with van der Waals surface area (Å²) in [5.74, 6) is 0. The molecule has 1 aliphatic rings. The minimum atomic E-state index is -3.62. The number of piperazine rings is 1. The molecule has 1 atom stereocenters. The summed E-state index contributed by atoms with van der Waals surface area (Å²) in [5, 5.41) is 9.28. The molecule has 0 bridgehead atoms. The monoisotopic (exact) mass is 432 g/mol. The van der Waals surface area contributed by atoms with Gasteiger partial charge in [0, 0.05) is 56.8 Å². The van der Waals surface area contributed by atoms with Gasteiger partial charge in [0.2, 0.25) is 10.0 Å². The van der Waals surface area contributed by atoms with E-state index in [2.05, 4.69) is 20.6 Å². The summed E-state index contributed by atoms with van der Waals surface area (Å²) in [5.41, 5.74) is 1.08. The van der Waals surface area contributed by atoms with Gasteiger partial charge in [-0.25, -0.2) is 13.1 Å². The van der Waals surface area contributed by atoms with E-state index in [4.69, 9.17) is 16.9 Å². The van der Waals surface area contributed by atoms with E-state index in [0.717, 1.165) is 38.3 Å². The highest BCUT2D eigenvalue weighted by Crippen LogP contribution is 2.23. The first-order chi connectivity index (χ1) is 14.0. The molecule has 1 heterocycles. The second kappa shape index (κ2) is 10.2. The lowest BCUT2D eigenvalue weighted by Crippen LogP contribution is -2.49. The Kier molecular flexibility index (Phi) is 7.64. The summed E-state index contributed by atoms with van der Waals surface area (Å²) in [7, 11) is -3.62. The highest BCUT2D eigenvalue weighted by atomic mass is 35.5. The van der Waals surface area contributed by atoms with Crippen LogP contribution in [-0.4, -0.2) is 57.5 Å². The van der Waals surface area contributed by atoms with Gasteiger partial charge in [-0.2, -0.15) is 5.26 Å². The first-order valence-electron chi connectivity index (χ1n) is 9.63. The molecule has 29 heavy (non-hydrogen) atoms. The van der Waals surface area contributed by atoms with Crippen LogP contribution in [0.25, 0.3) is 0 Å². The van der Waals surface area contributed by atoms with Gasteiger partial charge in [-0.1, -0.05) is 41.9 Å². The first kappa shape index (κ1) is 21.8. The Labute approximate surface area is 177 Å². The fourth-order valence-electron chi connectivity index (χ4n) is 3.53. The molecule has 0 spiro atoms. The fourth-order valence-corrected chi connectivity index (χ4v) is 4.69. The van der Waals surface area contributed by atoms with Gasteiger partial charge in [0.15, 0.2) is 0 Å². The number of benzene rings is 2. The van der Waals surface area contributed by atoms with Crippen LogP contribution in [0.3, 0.4) is 0 Å². The summed E-state index contributed by atoms with van der Waals surface area (Å²) in [6.07, 6.45) is 0.531.